The molecule has 2 aliphatic heterocycles. The number of hydrogen-bond donors (Lipinski definition) is 0. The lowest BCUT2D eigenvalue weighted by atomic mass is 9.74. The van der Waals surface area contributed by atoms with Crippen LogP contribution in [0.2, 0.25) is 0 Å². The van der Waals surface area contributed by atoms with Gasteiger partial charge in [-0.3, -0.25) is 0 Å². The molecule has 2 aliphatic rings. The molecule has 2 heterocycles. The summed E-state index contributed by atoms with van der Waals surface area (Å²) in [5.41, 5.74) is 1.45. The van der Waals surface area contributed by atoms with Gasteiger partial charge in [-0.25, -0.2) is 0 Å². The Morgan fingerprint density at radius 3 is 1.75 bits per heavy atom. The van der Waals surface area contributed by atoms with E-state index < -0.39 is 34.3 Å². The van der Waals surface area contributed by atoms with Crippen LogP contribution in [0, 0.1) is 0 Å². The van der Waals surface area contributed by atoms with Crippen molar-refractivity contribution in [1.29, 1.82) is 0 Å². The van der Waals surface area contributed by atoms with E-state index >= 15 is 0 Å². The van der Waals surface area contributed by atoms with E-state index in [1.54, 1.807) is 11.9 Å². The van der Waals surface area contributed by atoms with E-state index in [0.29, 0.717) is 22.5 Å². The van der Waals surface area contributed by atoms with Crippen molar-refractivity contribution >= 4 is 11.4 Å². The van der Waals surface area contributed by atoms with Crippen molar-refractivity contribution in [3.8, 4) is 0 Å². The normalized spacial score (nSPS) is 20.1. The van der Waals surface area contributed by atoms with Gasteiger partial charge in [-0.2, -0.15) is 26.3 Å². The Kier molecular flexibility index (Phi) is 5.89. The van der Waals surface area contributed by atoms with E-state index in [1.165, 1.54) is 24.3 Å². The van der Waals surface area contributed by atoms with Crippen molar-refractivity contribution in [2.75, 3.05) is 23.9 Å². The lowest BCUT2D eigenvalue weighted by Crippen LogP contribution is -2.30. The highest BCUT2D eigenvalue weighted by Crippen LogP contribution is 2.49. The average Bonchev–Trinajstić information content (AvgIpc) is 2.95. The highest BCUT2D eigenvalue weighted by molar-refractivity contribution is 5.71. The molecule has 0 aromatic heterocycles. The number of halogens is 6. The number of anilines is 2. The van der Waals surface area contributed by atoms with E-state index in [2.05, 4.69) is 0 Å². The summed E-state index contributed by atoms with van der Waals surface area (Å²) in [5.74, 6) is 0. The van der Waals surface area contributed by atoms with Crippen molar-refractivity contribution in [2.24, 2.45) is 0 Å². The van der Waals surface area contributed by atoms with Gasteiger partial charge in [-0.1, -0.05) is 39.8 Å². The zero-order chi connectivity index (χ0) is 26.8. The van der Waals surface area contributed by atoms with E-state index in [4.69, 9.17) is 0 Å². The number of rotatable bonds is 2. The molecule has 2 aromatic rings. The highest BCUT2D eigenvalue weighted by Gasteiger charge is 2.41. The van der Waals surface area contributed by atoms with Gasteiger partial charge in [0.1, 0.15) is 0 Å². The van der Waals surface area contributed by atoms with Crippen LogP contribution in [0.3, 0.4) is 0 Å². The molecule has 0 amide bonds. The minimum Gasteiger partial charge on any atom is -0.350 e. The van der Waals surface area contributed by atoms with Crippen molar-refractivity contribution in [2.45, 2.75) is 50.9 Å². The van der Waals surface area contributed by atoms with Crippen LogP contribution in [-0.4, -0.2) is 14.1 Å². The first-order valence-corrected chi connectivity index (χ1v) is 11.5. The third kappa shape index (κ3) is 4.20. The van der Waals surface area contributed by atoms with E-state index in [1.807, 2.05) is 64.1 Å². The number of fused-ring (bicyclic) bond motifs is 2. The predicted octanol–water partition coefficient (Wildman–Crippen LogP) is 8.20. The van der Waals surface area contributed by atoms with Crippen LogP contribution < -0.4 is 9.80 Å². The molecule has 0 bridgehead atoms. The Morgan fingerprint density at radius 1 is 0.722 bits per heavy atom. The Bertz CT molecular complexity index is 1290. The van der Waals surface area contributed by atoms with Crippen LogP contribution in [0.15, 0.2) is 72.1 Å². The Balaban J connectivity index is 1.69. The number of alkyl halides is 6. The summed E-state index contributed by atoms with van der Waals surface area (Å²) in [5, 5.41) is 0. The second-order valence-electron chi connectivity index (χ2n) is 10.4. The molecule has 0 saturated carbocycles. The minimum atomic E-state index is -4.44. The molecule has 0 fully saturated rings. The lowest BCUT2D eigenvalue weighted by Gasteiger charge is -2.37. The smallest absolute Gasteiger partial charge is 0.350 e. The molecule has 4 rings (SSSR count). The number of likely N-dealkylation sites (N-methyl/N-ethyl adjacent to an activating group) is 1. The Labute approximate surface area is 207 Å². The molecule has 0 atom stereocenters. The summed E-state index contributed by atoms with van der Waals surface area (Å²) in [4.78, 5) is 3.67. The van der Waals surface area contributed by atoms with Gasteiger partial charge in [0.2, 0.25) is 0 Å². The second kappa shape index (κ2) is 8.18. The summed E-state index contributed by atoms with van der Waals surface area (Å²) in [6.45, 7) is 7.51. The zero-order valence-corrected chi connectivity index (χ0v) is 20.9. The number of allylic oxidation sites excluding steroid dienone is 5. The Hall–Kier alpha value is -3.16. The third-order valence-electron chi connectivity index (χ3n) is 7.32. The van der Waals surface area contributed by atoms with Crippen LogP contribution in [0.1, 0.15) is 49.9 Å². The minimum absolute atomic E-state index is 0.569. The maximum Gasteiger partial charge on any atom is 0.416 e. The van der Waals surface area contributed by atoms with E-state index in [9.17, 15) is 26.3 Å². The van der Waals surface area contributed by atoms with Crippen LogP contribution in [0.4, 0.5) is 37.7 Å². The van der Waals surface area contributed by atoms with Gasteiger partial charge in [0.05, 0.1) is 11.1 Å². The first-order chi connectivity index (χ1) is 16.5. The molecule has 0 radical (unpaired) electrons. The summed E-state index contributed by atoms with van der Waals surface area (Å²) < 4.78 is 80.0. The van der Waals surface area contributed by atoms with Crippen LogP contribution in [0.5, 0.6) is 0 Å². The molecular formula is C28H28F6N2. The second-order valence-corrected chi connectivity index (χ2v) is 10.4. The number of hydrogen-bond acceptors (Lipinski definition) is 2. The topological polar surface area (TPSA) is 6.48 Å². The monoisotopic (exact) mass is 506 g/mol. The molecule has 192 valence electrons. The first kappa shape index (κ1) is 25.9. The van der Waals surface area contributed by atoms with Gasteiger partial charge in [0.25, 0.3) is 0 Å². The highest BCUT2D eigenvalue weighted by atomic mass is 19.4. The lowest BCUT2D eigenvalue weighted by molar-refractivity contribution is -0.138. The maximum absolute atomic E-state index is 13.4. The number of benzene rings is 2. The molecule has 2 aromatic carbocycles. The van der Waals surface area contributed by atoms with Crippen molar-refractivity contribution in [3.63, 3.8) is 0 Å². The SMILES string of the molecule is CN1C=C(/C=C/C=C2/N(C)c3ccc(C(F)(F)F)cc3C2(C)C)C(C)(C)c2cc(C(F)(F)F)ccc21. The third-order valence-corrected chi connectivity index (χ3v) is 7.32. The molecular weight excluding hydrogens is 478 g/mol. The van der Waals surface area contributed by atoms with Crippen LogP contribution in [-0.2, 0) is 23.2 Å². The van der Waals surface area contributed by atoms with Crippen molar-refractivity contribution < 1.29 is 26.3 Å². The van der Waals surface area contributed by atoms with E-state index in [0.717, 1.165) is 23.4 Å². The Morgan fingerprint density at radius 2 is 1.22 bits per heavy atom. The quantitative estimate of drug-likeness (QED) is 0.379. The summed E-state index contributed by atoms with van der Waals surface area (Å²) >= 11 is 0. The fraction of sp³-hybridized carbons (Fsp3) is 0.357. The van der Waals surface area contributed by atoms with Crippen LogP contribution >= 0.6 is 0 Å². The van der Waals surface area contributed by atoms with Crippen molar-refractivity contribution in [1.82, 2.24) is 0 Å². The standard InChI is InChI=1S/C28H28F6N2/c1-25(2)19(16-35(5)22-12-10-17(14-20(22)25)27(29,30)31)8-7-9-24-26(3,4)21-15-18(28(32,33)34)11-13-23(21)36(24)6/h7-16H,1-6H3/b8-7+,24-9+. The van der Waals surface area contributed by atoms with Gasteiger partial charge in [-0.05, 0) is 59.2 Å². The molecule has 0 N–H and O–H groups in total. The molecule has 0 saturated heterocycles. The number of nitrogens with zero attached hydrogens (tertiary/aromatic N) is 2. The molecule has 36 heavy (non-hydrogen) atoms. The molecule has 2 nitrogen and oxygen atoms in total. The fourth-order valence-electron chi connectivity index (χ4n) is 5.12. The van der Waals surface area contributed by atoms with Gasteiger partial charge in [0, 0.05) is 48.2 Å². The largest absolute Gasteiger partial charge is 0.416 e. The zero-order valence-electron chi connectivity index (χ0n) is 20.9. The summed E-state index contributed by atoms with van der Waals surface area (Å²) in [6.07, 6.45) is -1.47. The first-order valence-electron chi connectivity index (χ1n) is 11.5. The average molecular weight is 507 g/mol. The van der Waals surface area contributed by atoms with Gasteiger partial charge >= 0.3 is 12.4 Å². The molecule has 0 unspecified atom stereocenters. The predicted molar refractivity (Wildman–Crippen MR) is 131 cm³/mol. The fourth-order valence-corrected chi connectivity index (χ4v) is 5.12. The molecule has 0 spiro atoms. The molecule has 0 aliphatic carbocycles. The summed E-state index contributed by atoms with van der Waals surface area (Å²) in [7, 11) is 3.60. The molecule has 8 heteroatoms. The maximum atomic E-state index is 13.4. The van der Waals surface area contributed by atoms with Gasteiger partial charge in [-0.15, -0.1) is 0 Å². The van der Waals surface area contributed by atoms with Gasteiger partial charge < -0.3 is 9.80 Å². The van der Waals surface area contributed by atoms with Gasteiger partial charge in [0.15, 0.2) is 0 Å². The van der Waals surface area contributed by atoms with E-state index in [-0.39, 0.29) is 0 Å². The summed E-state index contributed by atoms with van der Waals surface area (Å²) in [6, 6.07) is 7.55. The van der Waals surface area contributed by atoms with Crippen molar-refractivity contribution in [3.05, 3.63) is 94.4 Å². The van der Waals surface area contributed by atoms with Crippen LogP contribution in [0.25, 0.3) is 0 Å².